The zero-order valence-electron chi connectivity index (χ0n) is 48.9. The minimum Gasteiger partial charge on any atom is -0.481 e. The maximum atomic E-state index is 13.8. The third kappa shape index (κ3) is 25.7. The lowest BCUT2D eigenvalue weighted by molar-refractivity contribution is -0.333. The summed E-state index contributed by atoms with van der Waals surface area (Å²) in [5, 5.41) is 140. The molecule has 2 rings (SSSR count). The zero-order chi connectivity index (χ0) is 60.6. The van der Waals surface area contributed by atoms with Crippen LogP contribution >= 0.6 is 0 Å². The van der Waals surface area contributed by atoms with Gasteiger partial charge in [-0.25, -0.2) is 0 Å². The molecule has 2 bridgehead atoms. The van der Waals surface area contributed by atoms with Crippen LogP contribution in [-0.2, 0) is 28.6 Å². The number of rotatable bonds is 14. The molecular weight excluding hydrogens is 1040 g/mol. The number of aliphatic hydroxyl groups is 11. The molecule has 21 nitrogen and oxygen atoms in total. The van der Waals surface area contributed by atoms with Crippen molar-refractivity contribution in [2.24, 2.45) is 53.1 Å². The van der Waals surface area contributed by atoms with E-state index in [9.17, 15) is 75.7 Å². The fraction of sp³-hybridized carbons (Fsp3) is 0.797. The van der Waals surface area contributed by atoms with E-state index in [-0.39, 0.29) is 68.7 Å². The summed E-state index contributed by atoms with van der Waals surface area (Å²) in [5.41, 5.74) is 5.52. The van der Waals surface area contributed by atoms with Crippen molar-refractivity contribution in [3.63, 3.8) is 0 Å². The lowest BCUT2D eigenvalue weighted by Crippen LogP contribution is -2.60. The number of aliphatic carboxylic acids is 1. The molecule has 0 aromatic carbocycles. The van der Waals surface area contributed by atoms with E-state index >= 15 is 0 Å². The van der Waals surface area contributed by atoms with Crippen LogP contribution in [0.1, 0.15) is 152 Å². The Kier molecular flexibility index (Phi) is 32.5. The van der Waals surface area contributed by atoms with Gasteiger partial charge in [0.25, 0.3) is 0 Å². The molecule has 462 valence electrons. The zero-order valence-corrected chi connectivity index (χ0v) is 48.9. The molecule has 0 spiro atoms. The first-order chi connectivity index (χ1) is 37.4. The molecule has 0 radical (unpaired) electrons. The molecule has 1 saturated heterocycles. The molecule has 0 amide bonds. The SMILES string of the molecule is CC(CCC/C=C/CCCN(C)C(=N)N)CC(C)C1OC(=O)C(C)C(O)/C=C/C(C)C(O)CC(O)C(C)C(O)CCC(C)C(O)CC2(O)OC(CC(OC(=O)CC(=O)O)CC(O)CC(O)C(C)C(O)/C=C/C=C/C1C)CC(O)C2O. The monoisotopic (exact) mass is 1140 g/mol. The van der Waals surface area contributed by atoms with E-state index in [1.165, 1.54) is 12.2 Å². The van der Waals surface area contributed by atoms with Gasteiger partial charge in [-0.15, -0.1) is 0 Å². The van der Waals surface area contributed by atoms with Gasteiger partial charge in [-0.05, 0) is 76.0 Å². The Balaban J connectivity index is 2.44. The molecule has 0 aromatic rings. The first-order valence-electron chi connectivity index (χ1n) is 28.9. The highest BCUT2D eigenvalue weighted by atomic mass is 16.7. The lowest BCUT2D eigenvalue weighted by Gasteiger charge is -2.45. The van der Waals surface area contributed by atoms with Crippen molar-refractivity contribution in [2.45, 2.75) is 237 Å². The predicted octanol–water partition coefficient (Wildman–Crippen LogP) is 3.59. The molecule has 2 aliphatic heterocycles. The summed E-state index contributed by atoms with van der Waals surface area (Å²) in [7, 11) is 1.79. The van der Waals surface area contributed by atoms with Crippen molar-refractivity contribution in [3.8, 4) is 0 Å². The molecule has 22 unspecified atom stereocenters. The summed E-state index contributed by atoms with van der Waals surface area (Å²) < 4.78 is 17.5. The fourth-order valence-corrected chi connectivity index (χ4v) is 10.4. The molecule has 21 heteroatoms. The third-order valence-corrected chi connectivity index (χ3v) is 16.3. The number of carbonyl (C=O) groups excluding carboxylic acids is 2. The van der Waals surface area contributed by atoms with Crippen molar-refractivity contribution in [1.82, 2.24) is 4.90 Å². The van der Waals surface area contributed by atoms with Gasteiger partial charge in [0.1, 0.15) is 24.7 Å². The van der Waals surface area contributed by atoms with Crippen LogP contribution in [0.3, 0.4) is 0 Å². The van der Waals surface area contributed by atoms with Gasteiger partial charge in [0.05, 0.1) is 67.0 Å². The standard InChI is InChI=1S/C59H103N3O18/c1-34(18-14-12-10-11-13-17-25-62(9)58(60)61)26-38(5)55-37(4)19-15-16-20-45(64)39(6)49(68)28-42(63)27-43(78-54(74)32-53(72)73)29-44-30-51(70)56(75)59(77,80-44)33-52(71)36(3)22-23-46(65)40(7)50(69)31-48(67)35(2)21-24-47(66)41(8)57(76)79-55/h10-11,15-16,19-21,24,34-52,55-56,63-71,75,77H,12-14,17-18,22-23,25-33H2,1-9H3,(H3,60,61)(H,72,73)/b11-10+,19-15+,20-16+,24-21+. The van der Waals surface area contributed by atoms with E-state index < -0.39 is 145 Å². The van der Waals surface area contributed by atoms with E-state index in [1.807, 2.05) is 19.9 Å². The normalized spacial score (nSPS) is 38.6. The number of nitrogens with zero attached hydrogens (tertiary/aromatic N) is 1. The van der Waals surface area contributed by atoms with Crippen molar-refractivity contribution in [3.05, 3.63) is 48.6 Å². The van der Waals surface area contributed by atoms with E-state index in [0.29, 0.717) is 6.54 Å². The number of hydrogen-bond donors (Lipinski definition) is 14. The van der Waals surface area contributed by atoms with Crippen LogP contribution in [0.2, 0.25) is 0 Å². The van der Waals surface area contributed by atoms with Gasteiger partial charge in [0.2, 0.25) is 0 Å². The highest BCUT2D eigenvalue weighted by molar-refractivity contribution is 5.90. The van der Waals surface area contributed by atoms with Crippen LogP contribution in [0.25, 0.3) is 0 Å². The number of carboxylic acids is 1. The predicted molar refractivity (Wildman–Crippen MR) is 301 cm³/mol. The van der Waals surface area contributed by atoms with Crippen molar-refractivity contribution in [1.29, 1.82) is 5.41 Å². The smallest absolute Gasteiger partial charge is 0.317 e. The molecule has 0 aliphatic carbocycles. The molecule has 15 N–H and O–H groups in total. The van der Waals surface area contributed by atoms with Gasteiger partial charge in [0, 0.05) is 69.4 Å². The molecular formula is C59H103N3O18. The summed E-state index contributed by atoms with van der Waals surface area (Å²) in [6.45, 7) is 14.8. The first-order valence-corrected chi connectivity index (χ1v) is 28.9. The number of nitrogens with one attached hydrogen (secondary N) is 1. The first kappa shape index (κ1) is 72.3. The molecule has 1 fully saturated rings. The summed E-state index contributed by atoms with van der Waals surface area (Å²) in [5.74, 6) is -9.85. The number of nitrogens with two attached hydrogens (primary N) is 1. The number of cyclic esters (lactones) is 1. The van der Waals surface area contributed by atoms with Gasteiger partial charge in [-0.1, -0.05) is 103 Å². The Hall–Kier alpha value is -3.84. The maximum absolute atomic E-state index is 13.8. The Morgan fingerprint density at radius 2 is 1.39 bits per heavy atom. The molecule has 2 aliphatic rings. The quantitative estimate of drug-likeness (QED) is 0.0295. The van der Waals surface area contributed by atoms with Crippen molar-refractivity contribution in [2.75, 3.05) is 13.6 Å². The van der Waals surface area contributed by atoms with E-state index in [4.69, 9.17) is 25.4 Å². The minimum absolute atomic E-state index is 0.0394. The second-order valence-electron chi connectivity index (χ2n) is 23.6. The summed E-state index contributed by atoms with van der Waals surface area (Å²) in [4.78, 5) is 39.5. The highest BCUT2D eigenvalue weighted by Gasteiger charge is 2.50. The molecule has 2 heterocycles. The van der Waals surface area contributed by atoms with E-state index in [0.717, 1.165) is 38.5 Å². The Morgan fingerprint density at radius 3 is 2.02 bits per heavy atom. The summed E-state index contributed by atoms with van der Waals surface area (Å²) in [6, 6.07) is 0. The average Bonchev–Trinajstić information content (AvgIpc) is 3.37. The van der Waals surface area contributed by atoms with Crippen LogP contribution < -0.4 is 5.73 Å². The molecule has 80 heavy (non-hydrogen) atoms. The van der Waals surface area contributed by atoms with Gasteiger partial charge in [-0.3, -0.25) is 19.8 Å². The molecule has 22 atom stereocenters. The number of fused-ring (bicyclic) bond motifs is 2. The molecule has 0 aromatic heterocycles. The number of carbonyl (C=O) groups is 3. The number of hydrogen-bond acceptors (Lipinski definition) is 18. The van der Waals surface area contributed by atoms with Gasteiger partial charge in [0.15, 0.2) is 11.7 Å². The Morgan fingerprint density at radius 1 is 0.762 bits per heavy atom. The van der Waals surface area contributed by atoms with Gasteiger partial charge >= 0.3 is 17.9 Å². The number of carboxylic acid groups (broad SMARTS) is 1. The highest BCUT2D eigenvalue weighted by Crippen LogP contribution is 2.36. The van der Waals surface area contributed by atoms with Crippen molar-refractivity contribution >= 4 is 23.9 Å². The van der Waals surface area contributed by atoms with Gasteiger partial charge in [-0.2, -0.15) is 0 Å². The summed E-state index contributed by atoms with van der Waals surface area (Å²) in [6.07, 6.45) is -0.408. The maximum Gasteiger partial charge on any atom is 0.317 e. The second kappa shape index (κ2) is 36.0. The van der Waals surface area contributed by atoms with Crippen LogP contribution in [-0.4, -0.2) is 189 Å². The number of ether oxygens (including phenoxy) is 3. The number of aliphatic hydroxyl groups excluding tert-OH is 10. The third-order valence-electron chi connectivity index (χ3n) is 16.3. The van der Waals surface area contributed by atoms with Crippen molar-refractivity contribution < 1.29 is 89.9 Å². The van der Waals surface area contributed by atoms with Crippen LogP contribution in [0.15, 0.2) is 48.6 Å². The number of esters is 2. The van der Waals surface area contributed by atoms with E-state index in [1.54, 1.807) is 64.8 Å². The van der Waals surface area contributed by atoms with Crippen LogP contribution in [0, 0.1) is 52.8 Å². The van der Waals surface area contributed by atoms with Crippen LogP contribution in [0.5, 0.6) is 0 Å². The van der Waals surface area contributed by atoms with Gasteiger partial charge < -0.3 is 86.1 Å². The minimum atomic E-state index is -2.54. The fourth-order valence-electron chi connectivity index (χ4n) is 10.4. The molecule has 0 saturated carbocycles. The number of allylic oxidation sites excluding steroid dienone is 4. The number of unbranched alkanes of at least 4 members (excludes halogenated alkanes) is 2. The largest absolute Gasteiger partial charge is 0.481 e. The Bertz CT molecular complexity index is 1960. The second-order valence-corrected chi connectivity index (χ2v) is 23.6. The summed E-state index contributed by atoms with van der Waals surface area (Å²) >= 11 is 0. The average molecular weight is 1140 g/mol. The van der Waals surface area contributed by atoms with E-state index in [2.05, 4.69) is 19.1 Å². The number of guanidine groups is 1. The Labute approximate surface area is 474 Å². The van der Waals surface area contributed by atoms with Crippen LogP contribution in [0.4, 0.5) is 0 Å². The topological polar surface area (TPSA) is 375 Å². The lowest BCUT2D eigenvalue weighted by atomic mass is 9.83.